The predicted molar refractivity (Wildman–Crippen MR) is 51.8 cm³/mol. The molecule has 1 aliphatic rings. The Morgan fingerprint density at radius 2 is 1.73 bits per heavy atom. The van der Waals surface area contributed by atoms with E-state index in [-0.39, 0.29) is 0 Å². The second-order valence-electron chi connectivity index (χ2n) is 3.63. The molecule has 0 atom stereocenters. The Morgan fingerprint density at radius 3 is 1.82 bits per heavy atom. The molecule has 0 spiro atoms. The predicted octanol–water partition coefficient (Wildman–Crippen LogP) is 2.81. The lowest BCUT2D eigenvalue weighted by molar-refractivity contribution is 0.428. The van der Waals surface area contributed by atoms with E-state index in [9.17, 15) is 0 Å². The van der Waals surface area contributed by atoms with Crippen LogP contribution in [0.15, 0.2) is 0 Å². The topological polar surface area (TPSA) is 12.0 Å². The van der Waals surface area contributed by atoms with Crippen LogP contribution in [0.1, 0.15) is 47.0 Å². The van der Waals surface area contributed by atoms with Crippen molar-refractivity contribution < 1.29 is 0 Å². The van der Waals surface area contributed by atoms with Gasteiger partial charge >= 0.3 is 0 Å². The maximum atomic E-state index is 3.38. The maximum absolute atomic E-state index is 3.38. The van der Waals surface area contributed by atoms with E-state index in [0.717, 1.165) is 5.92 Å². The van der Waals surface area contributed by atoms with Crippen LogP contribution >= 0.6 is 0 Å². The second kappa shape index (κ2) is 4.76. The normalized spacial score (nSPS) is 19.1. The van der Waals surface area contributed by atoms with Crippen LogP contribution in [0.2, 0.25) is 0 Å². The molecular formula is C10H23N. The van der Waals surface area contributed by atoms with Crippen LogP contribution in [0.4, 0.5) is 0 Å². The summed E-state index contributed by atoms with van der Waals surface area (Å²) in [5.74, 6) is 0.847. The third-order valence-corrected chi connectivity index (χ3v) is 2.18. The minimum Gasteiger partial charge on any atom is -0.314 e. The fraction of sp³-hybridized carbons (Fsp3) is 1.00. The fourth-order valence-corrected chi connectivity index (χ4v) is 1.49. The van der Waals surface area contributed by atoms with E-state index >= 15 is 0 Å². The van der Waals surface area contributed by atoms with Crippen molar-refractivity contribution in [1.29, 1.82) is 0 Å². The molecule has 0 aliphatic heterocycles. The summed E-state index contributed by atoms with van der Waals surface area (Å²) in [7, 11) is 2.08. The highest BCUT2D eigenvalue weighted by Gasteiger charge is 2.40. The summed E-state index contributed by atoms with van der Waals surface area (Å²) in [6, 6.07) is 0. The molecule has 0 saturated heterocycles. The highest BCUT2D eigenvalue weighted by atomic mass is 15.0. The minimum atomic E-state index is 0.564. The van der Waals surface area contributed by atoms with E-state index in [0.29, 0.717) is 5.54 Å². The highest BCUT2D eigenvalue weighted by Crippen LogP contribution is 2.40. The van der Waals surface area contributed by atoms with Gasteiger partial charge in [-0.15, -0.1) is 0 Å². The van der Waals surface area contributed by atoms with Crippen LogP contribution in [-0.2, 0) is 0 Å². The molecular weight excluding hydrogens is 134 g/mol. The lowest BCUT2D eigenvalue weighted by Crippen LogP contribution is -2.28. The number of hydrogen-bond donors (Lipinski definition) is 1. The zero-order valence-electron chi connectivity index (χ0n) is 8.70. The molecule has 11 heavy (non-hydrogen) atoms. The van der Waals surface area contributed by atoms with Gasteiger partial charge < -0.3 is 5.32 Å². The van der Waals surface area contributed by atoms with Crippen molar-refractivity contribution in [3.8, 4) is 0 Å². The molecule has 1 heteroatoms. The summed E-state index contributed by atoms with van der Waals surface area (Å²) < 4.78 is 0. The molecule has 0 unspecified atom stereocenters. The van der Waals surface area contributed by atoms with E-state index in [1.54, 1.807) is 0 Å². The first-order valence-electron chi connectivity index (χ1n) is 4.87. The van der Waals surface area contributed by atoms with Crippen molar-refractivity contribution in [3.63, 3.8) is 0 Å². The van der Waals surface area contributed by atoms with Crippen molar-refractivity contribution in [1.82, 2.24) is 5.32 Å². The lowest BCUT2D eigenvalue weighted by atomic mass is 10.0. The maximum Gasteiger partial charge on any atom is 0.0182 e. The average molecular weight is 157 g/mol. The van der Waals surface area contributed by atoms with Crippen LogP contribution in [0, 0.1) is 5.92 Å². The Morgan fingerprint density at radius 1 is 1.27 bits per heavy atom. The summed E-state index contributed by atoms with van der Waals surface area (Å²) in [4.78, 5) is 0. The second-order valence-corrected chi connectivity index (χ2v) is 3.63. The molecule has 1 nitrogen and oxygen atoms in total. The van der Waals surface area contributed by atoms with E-state index in [2.05, 4.69) is 26.2 Å². The molecule has 1 N–H and O–H groups in total. The van der Waals surface area contributed by atoms with Gasteiger partial charge in [-0.1, -0.05) is 27.7 Å². The molecule has 0 aromatic rings. The minimum absolute atomic E-state index is 0.564. The molecule has 1 aliphatic carbocycles. The van der Waals surface area contributed by atoms with Crippen LogP contribution in [0.25, 0.3) is 0 Å². The van der Waals surface area contributed by atoms with E-state index in [1.807, 2.05) is 13.8 Å². The van der Waals surface area contributed by atoms with Gasteiger partial charge in [-0.3, -0.25) is 0 Å². The summed E-state index contributed by atoms with van der Waals surface area (Å²) >= 11 is 0. The Hall–Kier alpha value is -0.0400. The van der Waals surface area contributed by atoms with Crippen molar-refractivity contribution in [2.75, 3.05) is 7.05 Å². The van der Waals surface area contributed by atoms with Gasteiger partial charge in [0.1, 0.15) is 0 Å². The Bertz CT molecular complexity index is 93.0. The number of rotatable bonds is 3. The third-order valence-electron chi connectivity index (χ3n) is 2.18. The number of nitrogens with one attached hydrogen (secondary N) is 1. The van der Waals surface area contributed by atoms with Gasteiger partial charge in [0.25, 0.3) is 0 Å². The molecule has 1 fully saturated rings. The summed E-state index contributed by atoms with van der Waals surface area (Å²) in [6.45, 7) is 8.58. The Kier molecular flexibility index (Phi) is 4.74. The van der Waals surface area contributed by atoms with Crippen molar-refractivity contribution in [2.24, 2.45) is 5.92 Å². The molecule has 68 valence electrons. The van der Waals surface area contributed by atoms with E-state index in [4.69, 9.17) is 0 Å². The molecule has 0 aromatic heterocycles. The first-order valence-corrected chi connectivity index (χ1v) is 4.87. The zero-order valence-corrected chi connectivity index (χ0v) is 8.70. The smallest absolute Gasteiger partial charge is 0.0182 e. The van der Waals surface area contributed by atoms with Gasteiger partial charge in [-0.2, -0.15) is 0 Å². The quantitative estimate of drug-likeness (QED) is 0.664. The van der Waals surface area contributed by atoms with Crippen molar-refractivity contribution in [3.05, 3.63) is 0 Å². The van der Waals surface area contributed by atoms with Crippen molar-refractivity contribution >= 4 is 0 Å². The fourth-order valence-electron chi connectivity index (χ4n) is 1.49. The number of hydrogen-bond acceptors (Lipinski definition) is 1. The SMILES string of the molecule is CC.CNC1(CC(C)C)CC1. The zero-order chi connectivity index (χ0) is 8.91. The van der Waals surface area contributed by atoms with Gasteiger partial charge in [0.15, 0.2) is 0 Å². The Labute approximate surface area is 71.6 Å². The molecule has 0 heterocycles. The average Bonchev–Trinajstić information content (AvgIpc) is 2.73. The first-order chi connectivity index (χ1) is 5.18. The first kappa shape index (κ1) is 11.0. The third kappa shape index (κ3) is 3.76. The van der Waals surface area contributed by atoms with Gasteiger partial charge in [0, 0.05) is 5.54 Å². The van der Waals surface area contributed by atoms with Crippen LogP contribution in [0.3, 0.4) is 0 Å². The van der Waals surface area contributed by atoms with Crippen LogP contribution < -0.4 is 5.32 Å². The van der Waals surface area contributed by atoms with Gasteiger partial charge in [-0.05, 0) is 32.2 Å². The Balaban J connectivity index is 0.000000461. The lowest BCUT2D eigenvalue weighted by Gasteiger charge is -2.15. The standard InChI is InChI=1S/C8H17N.C2H6/c1-7(2)6-8(9-3)4-5-8;1-2/h7,9H,4-6H2,1-3H3;1-2H3. The van der Waals surface area contributed by atoms with Gasteiger partial charge in [0.2, 0.25) is 0 Å². The van der Waals surface area contributed by atoms with E-state index < -0.39 is 0 Å². The van der Waals surface area contributed by atoms with Gasteiger partial charge in [0.05, 0.1) is 0 Å². The summed E-state index contributed by atoms with van der Waals surface area (Å²) in [5, 5.41) is 3.38. The molecule has 0 amide bonds. The molecule has 1 rings (SSSR count). The largest absolute Gasteiger partial charge is 0.314 e. The summed E-state index contributed by atoms with van der Waals surface area (Å²) in [5.41, 5.74) is 0.564. The highest BCUT2D eigenvalue weighted by molar-refractivity contribution is 5.00. The van der Waals surface area contributed by atoms with Gasteiger partial charge in [-0.25, -0.2) is 0 Å². The molecule has 1 saturated carbocycles. The molecule has 0 radical (unpaired) electrons. The molecule has 0 bridgehead atoms. The monoisotopic (exact) mass is 157 g/mol. The molecule has 0 aromatic carbocycles. The van der Waals surface area contributed by atoms with Crippen LogP contribution in [-0.4, -0.2) is 12.6 Å². The van der Waals surface area contributed by atoms with Crippen LogP contribution in [0.5, 0.6) is 0 Å². The summed E-state index contributed by atoms with van der Waals surface area (Å²) in [6.07, 6.45) is 4.13. The van der Waals surface area contributed by atoms with Crippen molar-refractivity contribution in [2.45, 2.75) is 52.5 Å². The van der Waals surface area contributed by atoms with E-state index in [1.165, 1.54) is 19.3 Å².